The van der Waals surface area contributed by atoms with E-state index in [1.54, 1.807) is 0 Å². The van der Waals surface area contributed by atoms with Crippen molar-refractivity contribution in [3.8, 4) is 0 Å². The van der Waals surface area contributed by atoms with Crippen molar-refractivity contribution in [2.75, 3.05) is 38.7 Å². The molecule has 1 saturated heterocycles. The van der Waals surface area contributed by atoms with Crippen molar-refractivity contribution in [2.24, 2.45) is 0 Å². The van der Waals surface area contributed by atoms with Gasteiger partial charge in [0.05, 0.1) is 0 Å². The number of unbranched alkanes of at least 4 members (excludes halogenated alkanes) is 1. The molecule has 0 unspecified atom stereocenters. The Bertz CT molecular complexity index is 165. The van der Waals surface area contributed by atoms with Crippen molar-refractivity contribution in [1.82, 2.24) is 10.2 Å². The van der Waals surface area contributed by atoms with Gasteiger partial charge in [-0.25, -0.2) is 0 Å². The fourth-order valence-corrected chi connectivity index (χ4v) is 2.59. The van der Waals surface area contributed by atoms with Gasteiger partial charge in [-0.2, -0.15) is 11.8 Å². The molecule has 90 valence electrons. The molecule has 0 aromatic heterocycles. The van der Waals surface area contributed by atoms with Crippen LogP contribution in [0.4, 0.5) is 0 Å². The molecule has 1 aliphatic heterocycles. The molecule has 0 atom stereocenters. The summed E-state index contributed by atoms with van der Waals surface area (Å²) in [5.74, 6) is 1.32. The Morgan fingerprint density at radius 1 is 1.27 bits per heavy atom. The molecule has 1 rings (SSSR count). The lowest BCUT2D eigenvalue weighted by molar-refractivity contribution is 0.151. The van der Waals surface area contributed by atoms with Crippen LogP contribution >= 0.6 is 11.8 Å². The van der Waals surface area contributed by atoms with E-state index in [4.69, 9.17) is 0 Å². The van der Waals surface area contributed by atoms with E-state index in [-0.39, 0.29) is 0 Å². The molecule has 15 heavy (non-hydrogen) atoms. The first kappa shape index (κ1) is 13.3. The summed E-state index contributed by atoms with van der Waals surface area (Å²) in [5, 5.41) is 3.45. The van der Waals surface area contributed by atoms with E-state index >= 15 is 0 Å². The standard InChI is InChI=1S/C12H26N2S/c1-12(13-2)6-9-14(10-7-12)8-4-5-11-15-3/h13H,4-11H2,1-3H3. The van der Waals surface area contributed by atoms with Crippen LogP contribution < -0.4 is 5.32 Å². The van der Waals surface area contributed by atoms with Gasteiger partial charge in [-0.3, -0.25) is 0 Å². The fourth-order valence-electron chi connectivity index (χ4n) is 2.10. The normalized spacial score (nSPS) is 21.8. The summed E-state index contributed by atoms with van der Waals surface area (Å²) in [6, 6.07) is 0. The zero-order chi connectivity index (χ0) is 11.1. The van der Waals surface area contributed by atoms with Crippen molar-refractivity contribution in [3.63, 3.8) is 0 Å². The number of likely N-dealkylation sites (tertiary alicyclic amines) is 1. The van der Waals surface area contributed by atoms with Crippen LogP contribution in [0.25, 0.3) is 0 Å². The third-order valence-corrected chi connectivity index (χ3v) is 4.33. The lowest BCUT2D eigenvalue weighted by Gasteiger charge is -2.39. The molecule has 0 amide bonds. The van der Waals surface area contributed by atoms with Crippen LogP contribution in [-0.4, -0.2) is 49.1 Å². The molecule has 1 fully saturated rings. The van der Waals surface area contributed by atoms with Crippen LogP contribution in [0.5, 0.6) is 0 Å². The van der Waals surface area contributed by atoms with Crippen LogP contribution in [-0.2, 0) is 0 Å². The van der Waals surface area contributed by atoms with Crippen molar-refractivity contribution in [1.29, 1.82) is 0 Å². The molecule has 0 saturated carbocycles. The molecule has 1 N–H and O–H groups in total. The Hall–Kier alpha value is 0.270. The van der Waals surface area contributed by atoms with Gasteiger partial charge in [0.25, 0.3) is 0 Å². The molecule has 0 aromatic rings. The Morgan fingerprint density at radius 2 is 1.93 bits per heavy atom. The summed E-state index contributed by atoms with van der Waals surface area (Å²) in [4.78, 5) is 2.62. The third-order valence-electron chi connectivity index (χ3n) is 3.64. The number of nitrogens with one attached hydrogen (secondary N) is 1. The molecule has 0 aliphatic carbocycles. The SMILES string of the molecule is CNC1(C)CCN(CCCCSC)CC1. The largest absolute Gasteiger partial charge is 0.314 e. The second-order valence-electron chi connectivity index (χ2n) is 4.85. The summed E-state index contributed by atoms with van der Waals surface area (Å²) >= 11 is 1.96. The first-order valence-electron chi connectivity index (χ1n) is 6.10. The van der Waals surface area contributed by atoms with E-state index in [1.807, 2.05) is 11.8 Å². The zero-order valence-electron chi connectivity index (χ0n) is 10.5. The average molecular weight is 230 g/mol. The number of nitrogens with zero attached hydrogens (tertiary/aromatic N) is 1. The van der Waals surface area contributed by atoms with E-state index in [0.29, 0.717) is 5.54 Å². The maximum Gasteiger partial charge on any atom is 0.0174 e. The molecule has 1 aliphatic rings. The topological polar surface area (TPSA) is 15.3 Å². The van der Waals surface area contributed by atoms with E-state index in [1.165, 1.54) is 51.1 Å². The predicted octanol–water partition coefficient (Wildman–Crippen LogP) is 2.20. The predicted molar refractivity (Wildman–Crippen MR) is 70.8 cm³/mol. The molecule has 0 bridgehead atoms. The third kappa shape index (κ3) is 4.75. The highest BCUT2D eigenvalue weighted by Gasteiger charge is 2.27. The van der Waals surface area contributed by atoms with Crippen LogP contribution in [0, 0.1) is 0 Å². The second kappa shape index (κ2) is 6.77. The van der Waals surface area contributed by atoms with Gasteiger partial charge < -0.3 is 10.2 Å². The van der Waals surface area contributed by atoms with Gasteiger partial charge in [-0.15, -0.1) is 0 Å². The van der Waals surface area contributed by atoms with Gasteiger partial charge in [0.1, 0.15) is 0 Å². The number of thioether (sulfide) groups is 1. The molecule has 0 aromatic carbocycles. The highest BCUT2D eigenvalue weighted by molar-refractivity contribution is 7.98. The van der Waals surface area contributed by atoms with Crippen molar-refractivity contribution >= 4 is 11.8 Å². The summed E-state index contributed by atoms with van der Waals surface area (Å²) in [6.07, 6.45) is 7.54. The van der Waals surface area contributed by atoms with Gasteiger partial charge in [0.15, 0.2) is 0 Å². The van der Waals surface area contributed by atoms with Crippen LogP contribution in [0.1, 0.15) is 32.6 Å². The highest BCUT2D eigenvalue weighted by Crippen LogP contribution is 2.21. The maximum atomic E-state index is 3.45. The summed E-state index contributed by atoms with van der Waals surface area (Å²) in [6.45, 7) is 6.20. The summed E-state index contributed by atoms with van der Waals surface area (Å²) < 4.78 is 0. The minimum absolute atomic E-state index is 0.399. The van der Waals surface area contributed by atoms with Crippen LogP contribution in [0.15, 0.2) is 0 Å². The molecule has 1 heterocycles. The van der Waals surface area contributed by atoms with E-state index in [0.717, 1.165) is 0 Å². The molecule has 0 spiro atoms. The minimum atomic E-state index is 0.399. The minimum Gasteiger partial charge on any atom is -0.314 e. The summed E-state index contributed by atoms with van der Waals surface area (Å²) in [7, 11) is 2.09. The monoisotopic (exact) mass is 230 g/mol. The second-order valence-corrected chi connectivity index (χ2v) is 5.84. The lowest BCUT2D eigenvalue weighted by atomic mass is 9.90. The molecular weight excluding hydrogens is 204 g/mol. The molecular formula is C12H26N2S. The number of hydrogen-bond donors (Lipinski definition) is 1. The Kier molecular flexibility index (Phi) is 6.02. The van der Waals surface area contributed by atoms with Gasteiger partial charge in [-0.1, -0.05) is 0 Å². The molecule has 2 nitrogen and oxygen atoms in total. The van der Waals surface area contributed by atoms with Gasteiger partial charge >= 0.3 is 0 Å². The zero-order valence-corrected chi connectivity index (χ0v) is 11.3. The number of piperidine rings is 1. The maximum absolute atomic E-state index is 3.45. The van der Waals surface area contributed by atoms with Crippen molar-refractivity contribution in [3.05, 3.63) is 0 Å². The van der Waals surface area contributed by atoms with Crippen molar-refractivity contribution in [2.45, 2.75) is 38.1 Å². The van der Waals surface area contributed by atoms with E-state index in [9.17, 15) is 0 Å². The smallest absolute Gasteiger partial charge is 0.0174 e. The van der Waals surface area contributed by atoms with Gasteiger partial charge in [0, 0.05) is 5.54 Å². The first-order chi connectivity index (χ1) is 7.20. The van der Waals surface area contributed by atoms with E-state index < -0.39 is 0 Å². The summed E-state index contributed by atoms with van der Waals surface area (Å²) in [5.41, 5.74) is 0.399. The Morgan fingerprint density at radius 3 is 2.47 bits per heavy atom. The molecule has 3 heteroatoms. The van der Waals surface area contributed by atoms with E-state index in [2.05, 4.69) is 30.4 Å². The Labute approximate surface area is 99.2 Å². The van der Waals surface area contributed by atoms with Gasteiger partial charge in [0.2, 0.25) is 0 Å². The van der Waals surface area contributed by atoms with Crippen LogP contribution in [0.2, 0.25) is 0 Å². The first-order valence-corrected chi connectivity index (χ1v) is 7.50. The fraction of sp³-hybridized carbons (Fsp3) is 1.00. The quantitative estimate of drug-likeness (QED) is 0.704. The number of hydrogen-bond acceptors (Lipinski definition) is 3. The molecule has 0 radical (unpaired) electrons. The lowest BCUT2D eigenvalue weighted by Crippen LogP contribution is -2.50. The average Bonchev–Trinajstić information content (AvgIpc) is 2.27. The van der Waals surface area contributed by atoms with Gasteiger partial charge in [-0.05, 0) is 71.3 Å². The highest BCUT2D eigenvalue weighted by atomic mass is 32.2. The Balaban J connectivity index is 2.09. The number of rotatable bonds is 6. The van der Waals surface area contributed by atoms with Crippen LogP contribution in [0.3, 0.4) is 0 Å². The van der Waals surface area contributed by atoms with Crippen molar-refractivity contribution < 1.29 is 0 Å².